The lowest BCUT2D eigenvalue weighted by molar-refractivity contribution is -0.660. The van der Waals surface area contributed by atoms with Crippen molar-refractivity contribution in [3.8, 4) is 22.4 Å². The Morgan fingerprint density at radius 2 is 1.33 bits per heavy atom. The molecule has 2 aromatic heterocycles. The zero-order chi connectivity index (χ0) is 24.8. The summed E-state index contributed by atoms with van der Waals surface area (Å²) >= 11 is 0. The van der Waals surface area contributed by atoms with E-state index in [9.17, 15) is 0 Å². The number of pyridine rings is 1. The second-order valence-electron chi connectivity index (χ2n) is 9.49. The summed E-state index contributed by atoms with van der Waals surface area (Å²) in [4.78, 5) is 0. The van der Waals surface area contributed by atoms with Crippen molar-refractivity contribution in [2.75, 3.05) is 0 Å². The molecule has 0 N–H and O–H groups in total. The van der Waals surface area contributed by atoms with E-state index in [1.807, 2.05) is 49.6 Å². The van der Waals surface area contributed by atoms with Crippen molar-refractivity contribution in [2.45, 2.75) is 13.7 Å². The molecule has 0 radical (unpaired) electrons. The van der Waals surface area contributed by atoms with Crippen LogP contribution < -0.4 is 15.5 Å². The minimum atomic E-state index is -0.283. The first-order valence-corrected chi connectivity index (χ1v) is 12.3. The van der Waals surface area contributed by atoms with Crippen LogP contribution in [0.5, 0.6) is 0 Å². The van der Waals surface area contributed by atoms with Gasteiger partial charge in [0, 0.05) is 22.9 Å². The van der Waals surface area contributed by atoms with Crippen molar-refractivity contribution in [3.05, 3.63) is 115 Å². The Balaban J connectivity index is 1.52. The third kappa shape index (κ3) is 3.61. The number of aryl methyl sites for hydroxylation is 2. The molecule has 2 nitrogen and oxygen atoms in total. The Hall–Kier alpha value is -4.18. The molecular weight excluding hydrogens is 444 g/mol. The van der Waals surface area contributed by atoms with E-state index in [1.54, 1.807) is 6.07 Å². The molecule has 0 spiro atoms. The molecule has 0 saturated heterocycles. The SMILES string of the molecule is CB(c1ccccc1)c1ccc(-c2c(F)ccc3c2oc2c(-c4cccc[n+]4C)c(C)ccc23)cc1. The van der Waals surface area contributed by atoms with Crippen molar-refractivity contribution in [3.63, 3.8) is 0 Å². The lowest BCUT2D eigenvalue weighted by atomic mass is 9.42. The van der Waals surface area contributed by atoms with Crippen LogP contribution in [-0.2, 0) is 7.05 Å². The number of hydrogen-bond acceptors (Lipinski definition) is 1. The Kier molecular flexibility index (Phi) is 5.45. The molecule has 0 aliphatic rings. The van der Waals surface area contributed by atoms with E-state index in [0.29, 0.717) is 11.1 Å². The Bertz CT molecular complexity index is 1720. The molecule has 0 amide bonds. The van der Waals surface area contributed by atoms with Gasteiger partial charge in [0.05, 0.1) is 11.1 Å². The Morgan fingerprint density at radius 1 is 0.694 bits per heavy atom. The molecular formula is C32H26BFNO+. The van der Waals surface area contributed by atoms with E-state index < -0.39 is 0 Å². The summed E-state index contributed by atoms with van der Waals surface area (Å²) in [6, 6.07) is 32.3. The molecule has 2 heterocycles. The van der Waals surface area contributed by atoms with E-state index in [4.69, 9.17) is 4.42 Å². The van der Waals surface area contributed by atoms with Gasteiger partial charge in [-0.3, -0.25) is 0 Å². The van der Waals surface area contributed by atoms with Gasteiger partial charge in [-0.2, -0.15) is 0 Å². The lowest BCUT2D eigenvalue weighted by Gasteiger charge is -2.11. The number of benzene rings is 4. The average molecular weight is 470 g/mol. The maximum Gasteiger partial charge on any atom is 0.216 e. The molecule has 4 aromatic carbocycles. The first-order chi connectivity index (χ1) is 17.5. The minimum absolute atomic E-state index is 0.254. The molecule has 36 heavy (non-hydrogen) atoms. The number of rotatable bonds is 4. The van der Waals surface area contributed by atoms with Crippen LogP contribution in [0.1, 0.15) is 5.56 Å². The summed E-state index contributed by atoms with van der Waals surface area (Å²) < 4.78 is 24.0. The van der Waals surface area contributed by atoms with Crippen molar-refractivity contribution in [1.29, 1.82) is 0 Å². The van der Waals surface area contributed by atoms with Gasteiger partial charge in [0.15, 0.2) is 6.20 Å². The van der Waals surface area contributed by atoms with Gasteiger partial charge in [-0.15, -0.1) is 0 Å². The predicted octanol–water partition coefficient (Wildman–Crippen LogP) is 6.43. The van der Waals surface area contributed by atoms with Crippen molar-refractivity contribution in [2.24, 2.45) is 7.05 Å². The van der Waals surface area contributed by atoms with Gasteiger partial charge in [-0.05, 0) is 36.2 Å². The fraction of sp³-hybridized carbons (Fsp3) is 0.0938. The maximum absolute atomic E-state index is 15.4. The fourth-order valence-electron chi connectivity index (χ4n) is 5.22. The van der Waals surface area contributed by atoms with E-state index in [1.165, 1.54) is 10.9 Å². The molecule has 4 heteroatoms. The zero-order valence-electron chi connectivity index (χ0n) is 20.6. The number of nitrogens with zero attached hydrogens (tertiary/aromatic N) is 1. The van der Waals surface area contributed by atoms with Crippen LogP contribution in [0.4, 0.5) is 4.39 Å². The summed E-state index contributed by atoms with van der Waals surface area (Å²) in [5, 5.41) is 1.91. The quantitative estimate of drug-likeness (QED) is 0.214. The summed E-state index contributed by atoms with van der Waals surface area (Å²) in [7, 11) is 2.03. The van der Waals surface area contributed by atoms with Gasteiger partial charge < -0.3 is 4.42 Å². The number of halogens is 1. The zero-order valence-corrected chi connectivity index (χ0v) is 20.6. The second kappa shape index (κ2) is 8.80. The summed E-state index contributed by atoms with van der Waals surface area (Å²) in [5.74, 6) is -0.283. The van der Waals surface area contributed by atoms with Gasteiger partial charge >= 0.3 is 0 Å². The predicted molar refractivity (Wildman–Crippen MR) is 148 cm³/mol. The maximum atomic E-state index is 15.4. The van der Waals surface area contributed by atoms with Crippen LogP contribution >= 0.6 is 0 Å². The minimum Gasteiger partial charge on any atom is -0.454 e. The highest BCUT2D eigenvalue weighted by molar-refractivity contribution is 6.84. The third-order valence-electron chi connectivity index (χ3n) is 7.28. The highest BCUT2D eigenvalue weighted by atomic mass is 19.1. The van der Waals surface area contributed by atoms with Crippen LogP contribution in [0.25, 0.3) is 44.3 Å². The number of aromatic nitrogens is 1. The topological polar surface area (TPSA) is 17.0 Å². The molecule has 0 aliphatic carbocycles. The third-order valence-corrected chi connectivity index (χ3v) is 7.28. The highest BCUT2D eigenvalue weighted by Gasteiger charge is 2.23. The smallest absolute Gasteiger partial charge is 0.216 e. The van der Waals surface area contributed by atoms with Crippen molar-refractivity contribution < 1.29 is 13.4 Å². The van der Waals surface area contributed by atoms with E-state index in [-0.39, 0.29) is 12.5 Å². The summed E-state index contributed by atoms with van der Waals surface area (Å²) in [6.07, 6.45) is 2.03. The van der Waals surface area contributed by atoms with E-state index >= 15 is 4.39 Å². The first-order valence-electron chi connectivity index (χ1n) is 12.3. The molecule has 174 valence electrons. The molecule has 0 unspecified atom stereocenters. The molecule has 6 rings (SSSR count). The second-order valence-corrected chi connectivity index (χ2v) is 9.49. The molecule has 0 atom stereocenters. The Morgan fingerprint density at radius 3 is 2.06 bits per heavy atom. The van der Waals surface area contributed by atoms with E-state index in [2.05, 4.69) is 72.9 Å². The summed E-state index contributed by atoms with van der Waals surface area (Å²) in [5.41, 5.74) is 8.33. The van der Waals surface area contributed by atoms with Gasteiger partial charge in [0.1, 0.15) is 24.0 Å². The molecule has 6 aromatic rings. The van der Waals surface area contributed by atoms with Crippen LogP contribution in [-0.4, -0.2) is 6.71 Å². The molecule has 0 fully saturated rings. The number of furan rings is 1. The normalized spacial score (nSPS) is 11.3. The average Bonchev–Trinajstić information content (AvgIpc) is 3.28. The van der Waals surface area contributed by atoms with Crippen molar-refractivity contribution in [1.82, 2.24) is 0 Å². The molecule has 0 aliphatic heterocycles. The van der Waals surface area contributed by atoms with Crippen molar-refractivity contribution >= 4 is 39.6 Å². The number of hydrogen-bond donors (Lipinski definition) is 0. The Labute approximate surface area is 210 Å². The lowest BCUT2D eigenvalue weighted by Crippen LogP contribution is -2.38. The number of fused-ring (bicyclic) bond motifs is 3. The van der Waals surface area contributed by atoms with Gasteiger partial charge in [0.2, 0.25) is 12.4 Å². The van der Waals surface area contributed by atoms with Crippen LogP contribution in [0.15, 0.2) is 108 Å². The van der Waals surface area contributed by atoms with Crippen LogP contribution in [0.3, 0.4) is 0 Å². The van der Waals surface area contributed by atoms with Crippen LogP contribution in [0.2, 0.25) is 6.82 Å². The molecule has 0 saturated carbocycles. The fourth-order valence-corrected chi connectivity index (χ4v) is 5.22. The van der Waals surface area contributed by atoms with Gasteiger partial charge in [0.25, 0.3) is 0 Å². The summed E-state index contributed by atoms with van der Waals surface area (Å²) in [6.45, 7) is 4.53. The highest BCUT2D eigenvalue weighted by Crippen LogP contribution is 2.41. The van der Waals surface area contributed by atoms with E-state index in [0.717, 1.165) is 38.7 Å². The largest absolute Gasteiger partial charge is 0.454 e. The standard InChI is InChI=1S/C32H26BFNO/c1-21-12-17-25-26-18-19-27(34)30(32(26)36-31(25)29(21)28-11-7-8-20-35(28)3)22-13-15-24(16-14-22)33(2)23-9-5-4-6-10-23/h4-20H,1-3H3/q+1. The first kappa shape index (κ1) is 22.3. The molecule has 0 bridgehead atoms. The van der Waals surface area contributed by atoms with Crippen LogP contribution in [0, 0.1) is 12.7 Å². The monoisotopic (exact) mass is 470 g/mol. The van der Waals surface area contributed by atoms with Gasteiger partial charge in [-0.1, -0.05) is 84.5 Å². The van der Waals surface area contributed by atoms with Gasteiger partial charge in [-0.25, -0.2) is 8.96 Å².